The second-order valence-electron chi connectivity index (χ2n) is 15.8. The zero-order valence-corrected chi connectivity index (χ0v) is 45.4. The molecule has 0 amide bonds. The first-order valence-electron chi connectivity index (χ1n) is 18.3. The third kappa shape index (κ3) is 10.2. The zero-order valence-electron chi connectivity index (χ0n) is 40.2. The molecule has 0 aromatic heterocycles. The van der Waals surface area contributed by atoms with Gasteiger partial charge < -0.3 is 44.6 Å². The van der Waals surface area contributed by atoms with E-state index in [-0.39, 0.29) is 98.1 Å². The molecule has 0 fully saturated rings. The standard InChI is InChI=1S/2C24H29Si.6CH3.2Ti/c1-17-12-11-15-23(20(17)4)25(7,22-13-9-8-10-14-22)24(6)16-18(2)19(3)21(24)5;1-17-13-14-23(18(2)15-17)25(7,22-11-9-8-10-12-22)24(6)16-19(3)20(4)21(24)5;;;;;;;;/h2*8-15H,1-7H3;6*1H3;;/q8*-1;2*+4. The first kappa shape index (κ1) is 62.4. The van der Waals surface area contributed by atoms with Gasteiger partial charge in [0, 0.05) is 0 Å². The third-order valence-corrected chi connectivity index (χ3v) is 24.6. The van der Waals surface area contributed by atoms with Crippen LogP contribution in [-0.4, -0.2) is 16.1 Å². The van der Waals surface area contributed by atoms with Gasteiger partial charge in [-0.2, -0.15) is 22.3 Å². The van der Waals surface area contributed by atoms with Crippen molar-refractivity contribution in [3.05, 3.63) is 209 Å². The van der Waals surface area contributed by atoms with E-state index in [4.69, 9.17) is 0 Å². The summed E-state index contributed by atoms with van der Waals surface area (Å²) in [5.74, 6) is 0. The van der Waals surface area contributed by atoms with Gasteiger partial charge in [-0.15, -0.1) is 13.8 Å². The van der Waals surface area contributed by atoms with Crippen molar-refractivity contribution in [2.45, 2.75) is 106 Å². The second-order valence-corrected chi connectivity index (χ2v) is 24.5. The topological polar surface area (TPSA) is 0 Å². The average Bonchev–Trinajstić information content (AvgIpc) is 3.44. The summed E-state index contributed by atoms with van der Waals surface area (Å²) in [6.07, 6.45) is 7.83. The van der Waals surface area contributed by atoms with E-state index < -0.39 is 16.1 Å². The van der Waals surface area contributed by atoms with Gasteiger partial charge in [0.2, 0.25) is 0 Å². The van der Waals surface area contributed by atoms with Gasteiger partial charge >= 0.3 is 43.4 Å². The van der Waals surface area contributed by atoms with Crippen LogP contribution in [0, 0.1) is 84.4 Å². The van der Waals surface area contributed by atoms with Gasteiger partial charge in [0.25, 0.3) is 0 Å². The third-order valence-electron chi connectivity index (χ3n) is 13.4. The van der Waals surface area contributed by atoms with Crippen LogP contribution in [0.25, 0.3) is 0 Å². The van der Waals surface area contributed by atoms with Crippen LogP contribution in [0.2, 0.25) is 23.2 Å². The number of hydrogen-bond donors (Lipinski definition) is 0. The summed E-state index contributed by atoms with van der Waals surface area (Å²) in [6, 6.07) is 36.1. The van der Waals surface area contributed by atoms with E-state index in [1.54, 1.807) is 0 Å². The van der Waals surface area contributed by atoms with E-state index in [2.05, 4.69) is 205 Å². The number of benzene rings is 4. The van der Waals surface area contributed by atoms with Crippen LogP contribution in [0.3, 0.4) is 0 Å². The number of rotatable bonds is 6. The molecule has 58 heavy (non-hydrogen) atoms. The molecule has 308 valence electrons. The molecule has 4 atom stereocenters. The molecule has 2 aliphatic rings. The minimum atomic E-state index is -2.11. The van der Waals surface area contributed by atoms with Gasteiger partial charge in [-0.25, -0.2) is 11.1 Å². The SMILES string of the molecule is CC1=[C-]C(C)([Si](C)(c2ccccc2)c2ccc(C)cc2C)C(C)=C1C.CC1=[C-]C(C)([Si](C)(c2ccccc2)c2cccc(C)c2C)C(C)=C1C.[CH3-].[CH3-].[CH3-].[CH3-].[CH3-].[CH3-].[Ti+4].[Ti+4]. The van der Waals surface area contributed by atoms with Crippen molar-refractivity contribution in [2.24, 2.45) is 0 Å². The molecule has 0 radical (unpaired) electrons. The molecule has 0 bridgehead atoms. The number of hydrogen-bond acceptors (Lipinski definition) is 0. The maximum absolute atomic E-state index is 3.92. The Morgan fingerprint density at radius 1 is 0.431 bits per heavy atom. The first-order valence-corrected chi connectivity index (χ1v) is 23.3. The van der Waals surface area contributed by atoms with Gasteiger partial charge in [0.05, 0.1) is 0 Å². The number of allylic oxidation sites excluding steroid dienone is 8. The first-order chi connectivity index (χ1) is 23.4. The van der Waals surface area contributed by atoms with Crippen molar-refractivity contribution >= 4 is 36.9 Å². The largest absolute Gasteiger partial charge is 4.00 e. The molecule has 0 spiro atoms. The van der Waals surface area contributed by atoms with Crippen LogP contribution in [-0.2, 0) is 43.4 Å². The molecule has 0 aliphatic heterocycles. The molecule has 6 rings (SSSR count). The molecular weight excluding hydrogens is 800 g/mol. The van der Waals surface area contributed by atoms with E-state index in [1.165, 1.54) is 76.4 Å². The van der Waals surface area contributed by atoms with Crippen molar-refractivity contribution in [1.29, 1.82) is 0 Å². The molecule has 0 saturated heterocycles. The van der Waals surface area contributed by atoms with Crippen molar-refractivity contribution in [2.75, 3.05) is 0 Å². The summed E-state index contributed by atoms with van der Waals surface area (Å²) in [6.45, 7) is 32.5. The normalized spacial score (nSPS) is 19.6. The molecular formula is C54H76Si2Ti2. The summed E-state index contributed by atoms with van der Waals surface area (Å²) >= 11 is 0. The molecule has 0 saturated carbocycles. The molecule has 0 nitrogen and oxygen atoms in total. The predicted molar refractivity (Wildman–Crippen MR) is 263 cm³/mol. The van der Waals surface area contributed by atoms with Gasteiger partial charge in [-0.3, -0.25) is 12.2 Å². The van der Waals surface area contributed by atoms with Gasteiger partial charge in [0.1, 0.15) is 16.1 Å². The second kappa shape index (κ2) is 23.6. The Kier molecular flexibility index (Phi) is 25.4. The maximum Gasteiger partial charge on any atom is 4.00 e. The minimum Gasteiger partial charge on any atom is -0.358 e. The van der Waals surface area contributed by atoms with Crippen molar-refractivity contribution in [1.82, 2.24) is 0 Å². The molecule has 4 unspecified atom stereocenters. The molecule has 4 aromatic carbocycles. The summed E-state index contributed by atoms with van der Waals surface area (Å²) < 4.78 is 0. The van der Waals surface area contributed by atoms with Gasteiger partial charge in [0.15, 0.2) is 0 Å². The van der Waals surface area contributed by atoms with Crippen LogP contribution in [0.4, 0.5) is 0 Å². The fraction of sp³-hybridized carbons (Fsp3) is 0.296. The Morgan fingerprint density at radius 3 is 1.16 bits per heavy atom. The molecule has 0 heterocycles. The van der Waals surface area contributed by atoms with E-state index in [9.17, 15) is 0 Å². The molecule has 4 heteroatoms. The summed E-state index contributed by atoms with van der Waals surface area (Å²) in [7, 11) is -4.20. The van der Waals surface area contributed by atoms with Crippen molar-refractivity contribution < 1.29 is 43.4 Å². The zero-order chi connectivity index (χ0) is 36.8. The smallest absolute Gasteiger partial charge is 0.358 e. The Bertz CT molecular complexity index is 2060. The van der Waals surface area contributed by atoms with Gasteiger partial charge in [-0.05, 0) is 38.8 Å². The Balaban J connectivity index is -0.000000442. The van der Waals surface area contributed by atoms with Crippen LogP contribution in [0.5, 0.6) is 0 Å². The van der Waals surface area contributed by atoms with Crippen molar-refractivity contribution in [3.8, 4) is 0 Å². The van der Waals surface area contributed by atoms with Crippen LogP contribution in [0.15, 0.2) is 131 Å². The van der Waals surface area contributed by atoms with E-state index in [0.29, 0.717) is 0 Å². The Morgan fingerprint density at radius 2 is 0.810 bits per heavy atom. The quantitative estimate of drug-likeness (QED) is 0.134. The number of aryl methyl sites for hydroxylation is 3. The van der Waals surface area contributed by atoms with Crippen LogP contribution >= 0.6 is 0 Å². The fourth-order valence-electron chi connectivity index (χ4n) is 9.07. The molecule has 4 aromatic rings. The van der Waals surface area contributed by atoms with E-state index in [0.717, 1.165) is 0 Å². The summed E-state index contributed by atoms with van der Waals surface area (Å²) in [5.41, 5.74) is 14.0. The molecule has 2 aliphatic carbocycles. The minimum absolute atomic E-state index is 0. The Hall–Kier alpha value is -2.30. The van der Waals surface area contributed by atoms with E-state index >= 15 is 0 Å². The van der Waals surface area contributed by atoms with Crippen LogP contribution in [0.1, 0.15) is 77.6 Å². The fourth-order valence-corrected chi connectivity index (χ4v) is 19.1. The van der Waals surface area contributed by atoms with Crippen LogP contribution < -0.4 is 20.7 Å². The molecule has 0 N–H and O–H groups in total. The predicted octanol–water partition coefficient (Wildman–Crippen LogP) is 13.4. The van der Waals surface area contributed by atoms with Gasteiger partial charge in [-0.1, -0.05) is 194 Å². The average molecular weight is 877 g/mol. The van der Waals surface area contributed by atoms with Crippen molar-refractivity contribution in [3.63, 3.8) is 0 Å². The Labute approximate surface area is 393 Å². The van der Waals surface area contributed by atoms with E-state index in [1.807, 2.05) is 0 Å². The maximum atomic E-state index is 3.92. The summed E-state index contributed by atoms with van der Waals surface area (Å²) in [5, 5.41) is 5.99. The summed E-state index contributed by atoms with van der Waals surface area (Å²) in [4.78, 5) is 0. The monoisotopic (exact) mass is 876 g/mol.